The summed E-state index contributed by atoms with van der Waals surface area (Å²) in [5, 5.41) is 3.94. The van der Waals surface area contributed by atoms with E-state index in [0.717, 1.165) is 19.4 Å². The van der Waals surface area contributed by atoms with E-state index in [2.05, 4.69) is 22.1 Å². The first-order chi connectivity index (χ1) is 12.0. The number of ether oxygens (including phenoxy) is 1. The van der Waals surface area contributed by atoms with Crippen molar-refractivity contribution in [2.75, 3.05) is 25.5 Å². The molecule has 0 saturated carbocycles. The van der Waals surface area contributed by atoms with Gasteiger partial charge in [-0.05, 0) is 38.4 Å². The number of rotatable bonds is 4. The Morgan fingerprint density at radius 3 is 2.92 bits per heavy atom. The van der Waals surface area contributed by atoms with Gasteiger partial charge in [0.05, 0.1) is 24.4 Å². The van der Waals surface area contributed by atoms with Crippen LogP contribution in [0.15, 0.2) is 18.2 Å². The van der Waals surface area contributed by atoms with Gasteiger partial charge < -0.3 is 15.0 Å². The highest BCUT2D eigenvalue weighted by Crippen LogP contribution is 2.34. The molecule has 1 amide bonds. The zero-order chi connectivity index (χ0) is 18.0. The molecule has 6 nitrogen and oxygen atoms in total. The zero-order valence-corrected chi connectivity index (χ0v) is 15.2. The van der Waals surface area contributed by atoms with E-state index in [1.54, 1.807) is 18.2 Å². The minimum Gasteiger partial charge on any atom is -0.464 e. The van der Waals surface area contributed by atoms with Gasteiger partial charge in [0.15, 0.2) is 0 Å². The van der Waals surface area contributed by atoms with Gasteiger partial charge in [-0.2, -0.15) is 0 Å². The molecule has 2 aromatic rings. The molecule has 0 aliphatic carbocycles. The number of H-pyrrole nitrogens is 1. The molecule has 25 heavy (non-hydrogen) atoms. The number of likely N-dealkylation sites (tertiary alicyclic amines) is 1. The molecule has 2 heterocycles. The van der Waals surface area contributed by atoms with Crippen molar-refractivity contribution < 1.29 is 14.3 Å². The lowest BCUT2D eigenvalue weighted by atomic mass is 10.0. The number of benzene rings is 1. The molecule has 134 valence electrons. The van der Waals surface area contributed by atoms with Gasteiger partial charge in [-0.15, -0.1) is 0 Å². The monoisotopic (exact) mass is 363 g/mol. The smallest absolute Gasteiger partial charge is 0.356 e. The van der Waals surface area contributed by atoms with Crippen molar-refractivity contribution in [1.82, 2.24) is 9.88 Å². The quantitative estimate of drug-likeness (QED) is 0.816. The number of nitrogens with zero attached hydrogens (tertiary/aromatic N) is 1. The molecule has 7 heteroatoms. The minimum absolute atomic E-state index is 0.167. The molecular formula is C18H22ClN3O3. The average molecular weight is 364 g/mol. The second-order valence-electron chi connectivity index (χ2n) is 6.39. The molecule has 1 aromatic carbocycles. The molecule has 1 fully saturated rings. The van der Waals surface area contributed by atoms with Gasteiger partial charge in [0, 0.05) is 16.9 Å². The zero-order valence-electron chi connectivity index (χ0n) is 14.4. The standard InChI is InChI=1S/C18H22ClN3O3/c1-11-6-3-4-9-22(11)10-14(23)21-16-15-12(19)7-5-8-13(15)20-17(16)18(24)25-2/h5,7-8,11,20H,3-4,6,9-10H2,1-2H3,(H,21,23)/t11-/m0/s1. The number of fused-ring (bicyclic) bond motifs is 1. The van der Waals surface area contributed by atoms with Crippen molar-refractivity contribution in [2.45, 2.75) is 32.2 Å². The van der Waals surface area contributed by atoms with Gasteiger partial charge in [-0.25, -0.2) is 4.79 Å². The predicted molar refractivity (Wildman–Crippen MR) is 98.2 cm³/mol. The summed E-state index contributed by atoms with van der Waals surface area (Å²) >= 11 is 6.29. The van der Waals surface area contributed by atoms with Crippen LogP contribution in [-0.2, 0) is 9.53 Å². The normalized spacial score (nSPS) is 18.3. The molecule has 1 saturated heterocycles. The number of piperidine rings is 1. The maximum atomic E-state index is 12.6. The van der Waals surface area contributed by atoms with Crippen molar-refractivity contribution >= 4 is 40.1 Å². The van der Waals surface area contributed by atoms with Crippen LogP contribution in [0.25, 0.3) is 10.9 Å². The maximum absolute atomic E-state index is 12.6. The van der Waals surface area contributed by atoms with Gasteiger partial charge in [0.2, 0.25) is 5.91 Å². The number of hydrogen-bond acceptors (Lipinski definition) is 4. The van der Waals surface area contributed by atoms with E-state index in [-0.39, 0.29) is 11.6 Å². The third-order valence-corrected chi connectivity index (χ3v) is 5.03. The van der Waals surface area contributed by atoms with Crippen LogP contribution in [0.1, 0.15) is 36.7 Å². The molecule has 2 N–H and O–H groups in total. The van der Waals surface area contributed by atoms with E-state index >= 15 is 0 Å². The highest BCUT2D eigenvalue weighted by Gasteiger charge is 2.24. The number of aromatic amines is 1. The number of carbonyl (C=O) groups is 2. The summed E-state index contributed by atoms with van der Waals surface area (Å²) in [5.41, 5.74) is 1.25. The fourth-order valence-electron chi connectivity index (χ4n) is 3.34. The molecular weight excluding hydrogens is 342 g/mol. The predicted octanol–water partition coefficient (Wildman–Crippen LogP) is 3.42. The Labute approximate surface area is 151 Å². The van der Waals surface area contributed by atoms with Crippen LogP contribution in [0.4, 0.5) is 5.69 Å². The molecule has 0 unspecified atom stereocenters. The minimum atomic E-state index is -0.547. The fourth-order valence-corrected chi connectivity index (χ4v) is 3.61. The molecule has 1 atom stereocenters. The van der Waals surface area contributed by atoms with Crippen LogP contribution in [0.2, 0.25) is 5.02 Å². The van der Waals surface area contributed by atoms with E-state index in [4.69, 9.17) is 16.3 Å². The Hall–Kier alpha value is -2.05. The van der Waals surface area contributed by atoms with Gasteiger partial charge >= 0.3 is 5.97 Å². The van der Waals surface area contributed by atoms with Gasteiger partial charge in [-0.3, -0.25) is 9.69 Å². The SMILES string of the molecule is COC(=O)c1[nH]c2cccc(Cl)c2c1NC(=O)CN1CCCC[C@@H]1C. The number of aromatic nitrogens is 1. The van der Waals surface area contributed by atoms with Crippen molar-refractivity contribution in [3.8, 4) is 0 Å². The van der Waals surface area contributed by atoms with E-state index in [1.165, 1.54) is 13.5 Å². The van der Waals surface area contributed by atoms with E-state index < -0.39 is 5.97 Å². The number of anilines is 1. The highest BCUT2D eigenvalue weighted by atomic mass is 35.5. The Morgan fingerprint density at radius 1 is 1.40 bits per heavy atom. The van der Waals surface area contributed by atoms with E-state index in [1.807, 2.05) is 0 Å². The highest BCUT2D eigenvalue weighted by molar-refractivity contribution is 6.37. The summed E-state index contributed by atoms with van der Waals surface area (Å²) in [7, 11) is 1.30. The second-order valence-corrected chi connectivity index (χ2v) is 6.80. The Bertz CT molecular complexity index is 802. The molecule has 1 aliphatic rings. The van der Waals surface area contributed by atoms with Crippen LogP contribution in [0.3, 0.4) is 0 Å². The van der Waals surface area contributed by atoms with Crippen LogP contribution in [0, 0.1) is 0 Å². The van der Waals surface area contributed by atoms with E-state index in [9.17, 15) is 9.59 Å². The second kappa shape index (κ2) is 7.45. The summed E-state index contributed by atoms with van der Waals surface area (Å²) in [6.07, 6.45) is 3.40. The first-order valence-electron chi connectivity index (χ1n) is 8.43. The molecule has 3 rings (SSSR count). The van der Waals surface area contributed by atoms with Crippen LogP contribution in [0.5, 0.6) is 0 Å². The summed E-state index contributed by atoms with van der Waals surface area (Å²) in [5.74, 6) is -0.714. The Balaban J connectivity index is 1.88. The van der Waals surface area contributed by atoms with E-state index in [0.29, 0.717) is 34.2 Å². The molecule has 1 aliphatic heterocycles. The summed E-state index contributed by atoms with van der Waals surface area (Å²) in [6, 6.07) is 5.69. The molecule has 0 bridgehead atoms. The number of nitrogens with one attached hydrogen (secondary N) is 2. The summed E-state index contributed by atoms with van der Waals surface area (Å²) in [4.78, 5) is 29.8. The Morgan fingerprint density at radius 2 is 2.20 bits per heavy atom. The molecule has 1 aromatic heterocycles. The summed E-state index contributed by atoms with van der Waals surface area (Å²) in [6.45, 7) is 3.33. The number of esters is 1. The van der Waals surface area contributed by atoms with Crippen molar-refractivity contribution in [3.63, 3.8) is 0 Å². The van der Waals surface area contributed by atoms with Gasteiger partial charge in [-0.1, -0.05) is 24.1 Å². The third-order valence-electron chi connectivity index (χ3n) is 4.71. The summed E-state index contributed by atoms with van der Waals surface area (Å²) < 4.78 is 4.82. The first kappa shape index (κ1) is 17.8. The van der Waals surface area contributed by atoms with Crippen molar-refractivity contribution in [2.24, 2.45) is 0 Å². The lowest BCUT2D eigenvalue weighted by Gasteiger charge is -2.32. The number of halogens is 1. The molecule has 0 radical (unpaired) electrons. The topological polar surface area (TPSA) is 74.4 Å². The lowest BCUT2D eigenvalue weighted by molar-refractivity contribution is -0.118. The first-order valence-corrected chi connectivity index (χ1v) is 8.81. The fraction of sp³-hybridized carbons (Fsp3) is 0.444. The molecule has 0 spiro atoms. The Kier molecular flexibility index (Phi) is 5.30. The largest absolute Gasteiger partial charge is 0.464 e. The number of carbonyl (C=O) groups excluding carboxylic acids is 2. The maximum Gasteiger partial charge on any atom is 0.356 e. The van der Waals surface area contributed by atoms with Crippen molar-refractivity contribution in [3.05, 3.63) is 28.9 Å². The van der Waals surface area contributed by atoms with Crippen molar-refractivity contribution in [1.29, 1.82) is 0 Å². The number of hydrogen-bond donors (Lipinski definition) is 2. The van der Waals surface area contributed by atoms with Gasteiger partial charge in [0.25, 0.3) is 0 Å². The van der Waals surface area contributed by atoms with Gasteiger partial charge in [0.1, 0.15) is 5.69 Å². The number of methoxy groups -OCH3 is 1. The third kappa shape index (κ3) is 3.65. The lowest BCUT2D eigenvalue weighted by Crippen LogP contribution is -2.42. The average Bonchev–Trinajstić information content (AvgIpc) is 2.96. The van der Waals surface area contributed by atoms with Crippen LogP contribution >= 0.6 is 11.6 Å². The number of amides is 1. The van der Waals surface area contributed by atoms with Crippen LogP contribution < -0.4 is 5.32 Å². The van der Waals surface area contributed by atoms with Crippen LogP contribution in [-0.4, -0.2) is 48.0 Å².